The molecule has 21 heavy (non-hydrogen) atoms. The highest BCUT2D eigenvalue weighted by molar-refractivity contribution is 9.10. The van der Waals surface area contributed by atoms with Gasteiger partial charge in [-0.2, -0.15) is 0 Å². The Morgan fingerprint density at radius 1 is 1.19 bits per heavy atom. The highest BCUT2D eigenvalue weighted by atomic mass is 79.9. The van der Waals surface area contributed by atoms with Crippen LogP contribution in [0.2, 0.25) is 0 Å². The summed E-state index contributed by atoms with van der Waals surface area (Å²) in [5.74, 6) is 0.977. The van der Waals surface area contributed by atoms with E-state index in [9.17, 15) is 0 Å². The van der Waals surface area contributed by atoms with E-state index in [2.05, 4.69) is 27.3 Å². The molecule has 3 rings (SSSR count). The minimum absolute atomic E-state index is 0.479. The molecule has 0 amide bonds. The third-order valence-corrected chi connectivity index (χ3v) is 5.45. The smallest absolute Gasteiger partial charge is 0.120 e. The van der Waals surface area contributed by atoms with E-state index in [1.165, 1.54) is 57.9 Å². The van der Waals surface area contributed by atoms with Crippen molar-refractivity contribution in [2.75, 3.05) is 13.2 Å². The minimum Gasteiger partial charge on any atom is -0.494 e. The fraction of sp³-hybridized carbons (Fsp3) is 0.667. The molecule has 1 aromatic carbocycles. The second kappa shape index (κ2) is 7.15. The first-order valence-electron chi connectivity index (χ1n) is 8.38. The maximum Gasteiger partial charge on any atom is 0.120 e. The maximum absolute atomic E-state index is 5.98. The Morgan fingerprint density at radius 2 is 2.00 bits per heavy atom. The molecule has 3 heteroatoms. The van der Waals surface area contributed by atoms with Gasteiger partial charge in [-0.15, -0.1) is 0 Å². The van der Waals surface area contributed by atoms with E-state index in [1.807, 2.05) is 18.2 Å². The van der Waals surface area contributed by atoms with Gasteiger partial charge >= 0.3 is 0 Å². The largest absolute Gasteiger partial charge is 0.494 e. The van der Waals surface area contributed by atoms with Crippen molar-refractivity contribution in [1.29, 1.82) is 0 Å². The van der Waals surface area contributed by atoms with E-state index >= 15 is 0 Å². The first-order chi connectivity index (χ1) is 10.3. The zero-order valence-electron chi connectivity index (χ0n) is 12.7. The van der Waals surface area contributed by atoms with Gasteiger partial charge in [0.1, 0.15) is 5.75 Å². The standard InChI is InChI=1S/C18H26BrNO/c19-15-5-4-6-17(13-15)21-12-11-18(9-2-1-3-10-18)14-20-16-7-8-16/h4-6,13,16,20H,1-3,7-12,14H2. The van der Waals surface area contributed by atoms with E-state index in [4.69, 9.17) is 4.74 Å². The number of hydrogen-bond donors (Lipinski definition) is 1. The lowest BCUT2D eigenvalue weighted by atomic mass is 9.72. The van der Waals surface area contributed by atoms with Crippen molar-refractivity contribution < 1.29 is 4.74 Å². The van der Waals surface area contributed by atoms with Gasteiger partial charge in [0.25, 0.3) is 0 Å². The predicted octanol–water partition coefficient (Wildman–Crippen LogP) is 4.92. The number of benzene rings is 1. The Balaban J connectivity index is 1.51. The average molecular weight is 352 g/mol. The molecular weight excluding hydrogens is 326 g/mol. The van der Waals surface area contributed by atoms with Crippen molar-refractivity contribution in [3.8, 4) is 5.75 Å². The van der Waals surface area contributed by atoms with Crippen molar-refractivity contribution in [2.24, 2.45) is 5.41 Å². The quantitative estimate of drug-likeness (QED) is 0.752. The molecule has 2 fully saturated rings. The van der Waals surface area contributed by atoms with Gasteiger partial charge in [-0.3, -0.25) is 0 Å². The van der Waals surface area contributed by atoms with Crippen LogP contribution in [-0.4, -0.2) is 19.2 Å². The zero-order valence-corrected chi connectivity index (χ0v) is 14.3. The Bertz CT molecular complexity index is 452. The molecule has 2 aliphatic carbocycles. The second-order valence-electron chi connectivity index (χ2n) is 6.77. The van der Waals surface area contributed by atoms with Crippen LogP contribution in [0.5, 0.6) is 5.75 Å². The third-order valence-electron chi connectivity index (χ3n) is 4.95. The Morgan fingerprint density at radius 3 is 2.71 bits per heavy atom. The van der Waals surface area contributed by atoms with Gasteiger partial charge in [-0.05, 0) is 55.7 Å². The van der Waals surface area contributed by atoms with E-state index in [1.54, 1.807) is 0 Å². The first-order valence-corrected chi connectivity index (χ1v) is 9.17. The number of ether oxygens (including phenoxy) is 1. The number of nitrogens with one attached hydrogen (secondary N) is 1. The van der Waals surface area contributed by atoms with Crippen LogP contribution in [0.4, 0.5) is 0 Å². The fourth-order valence-electron chi connectivity index (χ4n) is 3.41. The summed E-state index contributed by atoms with van der Waals surface area (Å²) in [5.41, 5.74) is 0.479. The van der Waals surface area contributed by atoms with Crippen LogP contribution in [0, 0.1) is 5.41 Å². The maximum atomic E-state index is 5.98. The molecule has 0 unspecified atom stereocenters. The zero-order chi connectivity index (χ0) is 14.5. The predicted molar refractivity (Wildman–Crippen MR) is 90.8 cm³/mol. The van der Waals surface area contributed by atoms with Crippen LogP contribution in [-0.2, 0) is 0 Å². The van der Waals surface area contributed by atoms with Crippen LogP contribution < -0.4 is 10.1 Å². The van der Waals surface area contributed by atoms with Crippen molar-refractivity contribution in [3.63, 3.8) is 0 Å². The second-order valence-corrected chi connectivity index (χ2v) is 7.69. The SMILES string of the molecule is Brc1cccc(OCCC2(CNC3CC3)CCCCC2)c1. The monoisotopic (exact) mass is 351 g/mol. The fourth-order valence-corrected chi connectivity index (χ4v) is 3.79. The normalized spacial score (nSPS) is 21.2. The number of halogens is 1. The molecule has 1 N–H and O–H groups in total. The van der Waals surface area contributed by atoms with Gasteiger partial charge in [0, 0.05) is 17.1 Å². The van der Waals surface area contributed by atoms with Crippen LogP contribution in [0.3, 0.4) is 0 Å². The summed E-state index contributed by atoms with van der Waals surface area (Å²) in [6.07, 6.45) is 10.9. The Hall–Kier alpha value is -0.540. The summed E-state index contributed by atoms with van der Waals surface area (Å²) in [7, 11) is 0. The first kappa shape index (κ1) is 15.4. The number of rotatable bonds is 7. The van der Waals surface area contributed by atoms with Gasteiger partial charge in [-0.25, -0.2) is 0 Å². The van der Waals surface area contributed by atoms with Crippen LogP contribution in [0.15, 0.2) is 28.7 Å². The molecular formula is C18H26BrNO. The van der Waals surface area contributed by atoms with Gasteiger partial charge in [0.05, 0.1) is 6.61 Å². The van der Waals surface area contributed by atoms with Gasteiger partial charge in [-0.1, -0.05) is 41.3 Å². The summed E-state index contributed by atoms with van der Waals surface area (Å²) < 4.78 is 7.07. The highest BCUT2D eigenvalue weighted by Crippen LogP contribution is 2.39. The summed E-state index contributed by atoms with van der Waals surface area (Å²) in [6, 6.07) is 8.98. The van der Waals surface area contributed by atoms with Crippen molar-refractivity contribution in [3.05, 3.63) is 28.7 Å². The molecule has 0 saturated heterocycles. The van der Waals surface area contributed by atoms with Gasteiger partial charge < -0.3 is 10.1 Å². The molecule has 0 spiro atoms. The van der Waals surface area contributed by atoms with Crippen molar-refractivity contribution in [2.45, 2.75) is 57.4 Å². The molecule has 116 valence electrons. The summed E-state index contributed by atoms with van der Waals surface area (Å²) >= 11 is 3.50. The van der Waals surface area contributed by atoms with E-state index in [0.29, 0.717) is 5.41 Å². The molecule has 0 aliphatic heterocycles. The molecule has 0 bridgehead atoms. The lowest BCUT2D eigenvalue weighted by Crippen LogP contribution is -2.38. The molecule has 2 aliphatic rings. The molecule has 0 atom stereocenters. The van der Waals surface area contributed by atoms with Crippen molar-refractivity contribution >= 4 is 15.9 Å². The minimum atomic E-state index is 0.479. The summed E-state index contributed by atoms with van der Waals surface area (Å²) in [5, 5.41) is 3.76. The van der Waals surface area contributed by atoms with E-state index in [0.717, 1.165) is 22.9 Å². The molecule has 0 aromatic heterocycles. The average Bonchev–Trinajstić information content (AvgIpc) is 3.31. The third kappa shape index (κ3) is 4.72. The lowest BCUT2D eigenvalue weighted by Gasteiger charge is -2.37. The molecule has 0 heterocycles. The molecule has 2 saturated carbocycles. The van der Waals surface area contributed by atoms with Gasteiger partial charge in [0.2, 0.25) is 0 Å². The van der Waals surface area contributed by atoms with Gasteiger partial charge in [0.15, 0.2) is 0 Å². The van der Waals surface area contributed by atoms with Crippen LogP contribution in [0.25, 0.3) is 0 Å². The van der Waals surface area contributed by atoms with Crippen LogP contribution >= 0.6 is 15.9 Å². The Kier molecular flexibility index (Phi) is 5.23. The summed E-state index contributed by atoms with van der Waals surface area (Å²) in [4.78, 5) is 0. The number of hydrogen-bond acceptors (Lipinski definition) is 2. The molecule has 2 nitrogen and oxygen atoms in total. The van der Waals surface area contributed by atoms with Crippen LogP contribution in [0.1, 0.15) is 51.4 Å². The van der Waals surface area contributed by atoms with E-state index < -0.39 is 0 Å². The summed E-state index contributed by atoms with van der Waals surface area (Å²) in [6.45, 7) is 2.03. The molecule has 0 radical (unpaired) electrons. The highest BCUT2D eigenvalue weighted by Gasteiger charge is 2.33. The molecule has 1 aromatic rings. The lowest BCUT2D eigenvalue weighted by molar-refractivity contribution is 0.133. The van der Waals surface area contributed by atoms with E-state index in [-0.39, 0.29) is 0 Å². The van der Waals surface area contributed by atoms with Crippen molar-refractivity contribution in [1.82, 2.24) is 5.32 Å². The Labute approximate surface area is 136 Å². The topological polar surface area (TPSA) is 21.3 Å².